The summed E-state index contributed by atoms with van der Waals surface area (Å²) in [6.07, 6.45) is 0. The minimum atomic E-state index is -0.110. The fraction of sp³-hybridized carbons (Fsp3) is 0. The largest absolute Gasteiger partial charge is 0.458 e. The van der Waals surface area contributed by atoms with E-state index < -0.39 is 0 Å². The SMILES string of the molecule is c1ccc(-c2ccc3c(c2)Oc2cc(-n4c5ccccc5c5ccccc54)cc4c2B3c2ccc(-n3c5c(-c6ccccc6)cccc5c5ccc6c7ccccc7sc6c53)cc2O4)cc1. The second kappa shape index (κ2) is 13.6. The van der Waals surface area contributed by atoms with Crippen molar-refractivity contribution in [1.29, 1.82) is 0 Å². The van der Waals surface area contributed by atoms with Gasteiger partial charge in [-0.25, -0.2) is 0 Å². The van der Waals surface area contributed by atoms with Crippen LogP contribution in [0.25, 0.3) is 97.4 Å². The Bertz CT molecular complexity index is 4130. The van der Waals surface area contributed by atoms with Crippen molar-refractivity contribution in [3.05, 3.63) is 212 Å². The molecule has 13 aromatic rings. The molecule has 0 atom stereocenters. The molecule has 15 rings (SSSR count). The number of para-hydroxylation sites is 3. The van der Waals surface area contributed by atoms with Crippen LogP contribution in [0.15, 0.2) is 212 Å². The van der Waals surface area contributed by atoms with Crippen LogP contribution in [0.3, 0.4) is 0 Å². The zero-order chi connectivity index (χ0) is 43.0. The summed E-state index contributed by atoms with van der Waals surface area (Å²) >= 11 is 1.87. The third kappa shape index (κ3) is 5.04. The molecular formula is C60H35BN2O2S. The van der Waals surface area contributed by atoms with Crippen LogP contribution in [0.1, 0.15) is 0 Å². The Hall–Kier alpha value is -8.32. The van der Waals surface area contributed by atoms with Gasteiger partial charge in [-0.1, -0.05) is 164 Å². The molecule has 0 amide bonds. The van der Waals surface area contributed by atoms with Crippen LogP contribution in [0.5, 0.6) is 23.0 Å². The van der Waals surface area contributed by atoms with E-state index in [2.05, 4.69) is 221 Å². The molecule has 5 heterocycles. The number of thiophene rings is 1. The van der Waals surface area contributed by atoms with E-state index in [0.717, 1.165) is 72.9 Å². The summed E-state index contributed by atoms with van der Waals surface area (Å²) in [5.41, 5.74) is 14.6. The summed E-state index contributed by atoms with van der Waals surface area (Å²) in [6, 6.07) is 76.9. The third-order valence-electron chi connectivity index (χ3n) is 14.0. The van der Waals surface area contributed by atoms with E-state index in [4.69, 9.17) is 9.47 Å². The van der Waals surface area contributed by atoms with Gasteiger partial charge in [0, 0.05) is 71.9 Å². The van der Waals surface area contributed by atoms with Crippen LogP contribution in [-0.4, -0.2) is 15.8 Å². The second-order valence-corrected chi connectivity index (χ2v) is 18.6. The average molecular weight is 859 g/mol. The number of hydrogen-bond acceptors (Lipinski definition) is 3. The number of fused-ring (bicyclic) bond motifs is 14. The number of benzene rings is 10. The van der Waals surface area contributed by atoms with Crippen LogP contribution in [-0.2, 0) is 0 Å². The summed E-state index contributed by atoms with van der Waals surface area (Å²) in [4.78, 5) is 0. The van der Waals surface area contributed by atoms with Gasteiger partial charge in [-0.15, -0.1) is 11.3 Å². The number of nitrogens with zero attached hydrogens (tertiary/aromatic N) is 2. The quantitative estimate of drug-likeness (QED) is 0.165. The van der Waals surface area contributed by atoms with E-state index in [-0.39, 0.29) is 6.71 Å². The third-order valence-corrected chi connectivity index (χ3v) is 15.2. The molecule has 3 aromatic heterocycles. The Kier molecular flexibility index (Phi) is 7.43. The highest BCUT2D eigenvalue weighted by molar-refractivity contribution is 7.26. The van der Waals surface area contributed by atoms with Gasteiger partial charge in [-0.2, -0.15) is 0 Å². The van der Waals surface area contributed by atoms with Gasteiger partial charge >= 0.3 is 0 Å². The van der Waals surface area contributed by atoms with Crippen molar-refractivity contribution in [2.24, 2.45) is 0 Å². The molecule has 4 nitrogen and oxygen atoms in total. The molecule has 0 fully saturated rings. The summed E-state index contributed by atoms with van der Waals surface area (Å²) < 4.78 is 21.8. The first-order valence-electron chi connectivity index (χ1n) is 22.5. The van der Waals surface area contributed by atoms with Crippen molar-refractivity contribution in [2.45, 2.75) is 0 Å². The maximum absolute atomic E-state index is 7.30. The van der Waals surface area contributed by atoms with Crippen molar-refractivity contribution in [3.63, 3.8) is 0 Å². The van der Waals surface area contributed by atoms with Gasteiger partial charge in [0.25, 0.3) is 6.71 Å². The summed E-state index contributed by atoms with van der Waals surface area (Å²) in [5.74, 6) is 3.31. The lowest BCUT2D eigenvalue weighted by Crippen LogP contribution is -2.57. The normalized spacial score (nSPS) is 12.8. The van der Waals surface area contributed by atoms with Gasteiger partial charge in [0.05, 0.1) is 32.5 Å². The molecule has 2 aliphatic rings. The van der Waals surface area contributed by atoms with Crippen molar-refractivity contribution in [1.82, 2.24) is 9.13 Å². The fourth-order valence-electron chi connectivity index (χ4n) is 11.2. The molecule has 66 heavy (non-hydrogen) atoms. The lowest BCUT2D eigenvalue weighted by molar-refractivity contribution is 0.464. The van der Waals surface area contributed by atoms with E-state index >= 15 is 0 Å². The Morgan fingerprint density at radius 3 is 1.68 bits per heavy atom. The number of ether oxygens (including phenoxy) is 2. The Morgan fingerprint density at radius 1 is 0.364 bits per heavy atom. The van der Waals surface area contributed by atoms with Gasteiger partial charge < -0.3 is 18.6 Å². The van der Waals surface area contributed by atoms with Crippen LogP contribution < -0.4 is 25.9 Å². The molecule has 0 unspecified atom stereocenters. The van der Waals surface area contributed by atoms with Crippen molar-refractivity contribution in [2.75, 3.05) is 0 Å². The summed E-state index contributed by atoms with van der Waals surface area (Å²) in [5, 5.41) is 7.44. The van der Waals surface area contributed by atoms with Gasteiger partial charge in [0.2, 0.25) is 0 Å². The number of rotatable bonds is 4. The van der Waals surface area contributed by atoms with Gasteiger partial charge in [-0.05, 0) is 57.9 Å². The van der Waals surface area contributed by atoms with Gasteiger partial charge in [-0.3, -0.25) is 0 Å². The maximum atomic E-state index is 7.30. The van der Waals surface area contributed by atoms with Crippen molar-refractivity contribution in [3.8, 4) is 56.6 Å². The summed E-state index contributed by atoms with van der Waals surface area (Å²) in [6.45, 7) is -0.110. The van der Waals surface area contributed by atoms with E-state index in [9.17, 15) is 0 Å². The van der Waals surface area contributed by atoms with E-state index in [0.29, 0.717) is 0 Å². The van der Waals surface area contributed by atoms with Gasteiger partial charge in [0.15, 0.2) is 0 Å². The predicted molar refractivity (Wildman–Crippen MR) is 277 cm³/mol. The zero-order valence-corrected chi connectivity index (χ0v) is 36.2. The Morgan fingerprint density at radius 2 is 0.939 bits per heavy atom. The molecule has 0 spiro atoms. The van der Waals surface area contributed by atoms with Crippen LogP contribution in [0.2, 0.25) is 0 Å². The van der Waals surface area contributed by atoms with Gasteiger partial charge in [0.1, 0.15) is 23.0 Å². The standard InChI is InChI=1S/C60H35BN2O2S/c1-3-14-36(15-4-1)38-26-30-48-52(32-38)64-54-34-40(62-50-23-10-7-18-42(50)43-19-8-11-24-51(43)62)35-55-57(54)61(48)49-31-27-39(33-53(49)65-55)63-58-41(37-16-5-2-6-17-37)21-13-22-45(58)46-28-29-47-44-20-9-12-25-56(44)66-60(47)59(46)63/h1-35H. The van der Waals surface area contributed by atoms with E-state index in [1.165, 1.54) is 63.9 Å². The molecule has 10 aromatic carbocycles. The van der Waals surface area contributed by atoms with Crippen molar-refractivity contribution < 1.29 is 9.47 Å². The molecular weight excluding hydrogens is 824 g/mol. The van der Waals surface area contributed by atoms with E-state index in [1.54, 1.807) is 0 Å². The topological polar surface area (TPSA) is 28.3 Å². The molecule has 0 saturated carbocycles. The molecule has 0 aliphatic carbocycles. The Balaban J connectivity index is 1.00. The number of hydrogen-bond donors (Lipinski definition) is 0. The lowest BCUT2D eigenvalue weighted by Gasteiger charge is -2.34. The highest BCUT2D eigenvalue weighted by atomic mass is 32.1. The highest BCUT2D eigenvalue weighted by Crippen LogP contribution is 2.46. The maximum Gasteiger partial charge on any atom is 0.260 e. The fourth-order valence-corrected chi connectivity index (χ4v) is 12.4. The molecule has 0 N–H and O–H groups in total. The zero-order valence-electron chi connectivity index (χ0n) is 35.4. The monoisotopic (exact) mass is 858 g/mol. The number of aromatic nitrogens is 2. The van der Waals surface area contributed by atoms with Crippen LogP contribution in [0.4, 0.5) is 0 Å². The molecule has 0 radical (unpaired) electrons. The average Bonchev–Trinajstić information content (AvgIpc) is 4.04. The van der Waals surface area contributed by atoms with Crippen LogP contribution >= 0.6 is 11.3 Å². The minimum absolute atomic E-state index is 0.110. The first kappa shape index (κ1) is 36.1. The van der Waals surface area contributed by atoms with Crippen molar-refractivity contribution >= 4 is 98.2 Å². The molecule has 0 saturated heterocycles. The van der Waals surface area contributed by atoms with E-state index in [1.807, 2.05) is 11.3 Å². The molecule has 0 bridgehead atoms. The first-order chi connectivity index (χ1) is 32.7. The van der Waals surface area contributed by atoms with Crippen LogP contribution in [0, 0.1) is 0 Å². The summed E-state index contributed by atoms with van der Waals surface area (Å²) in [7, 11) is 0. The molecule has 306 valence electrons. The highest BCUT2D eigenvalue weighted by Gasteiger charge is 2.41. The molecule has 6 heteroatoms. The first-order valence-corrected chi connectivity index (χ1v) is 23.3. The Labute approximate surface area is 383 Å². The predicted octanol–water partition coefficient (Wildman–Crippen LogP) is 14.3. The lowest BCUT2D eigenvalue weighted by atomic mass is 9.35. The second-order valence-electron chi connectivity index (χ2n) is 17.5. The minimum Gasteiger partial charge on any atom is -0.458 e. The smallest absolute Gasteiger partial charge is 0.260 e. The molecule has 2 aliphatic heterocycles.